The van der Waals surface area contributed by atoms with Crippen molar-refractivity contribution >= 4 is 28.9 Å². The molecule has 5 heteroatoms. The van der Waals surface area contributed by atoms with Crippen LogP contribution in [0.5, 0.6) is 0 Å². The smallest absolute Gasteiger partial charge is 0.240 e. The van der Waals surface area contributed by atoms with E-state index in [0.717, 1.165) is 16.9 Å². The zero-order valence-corrected chi connectivity index (χ0v) is 15.6. The number of hydrogen-bond donors (Lipinski definition) is 0. The Hall–Kier alpha value is -3.68. The summed E-state index contributed by atoms with van der Waals surface area (Å²) in [7, 11) is 0. The van der Waals surface area contributed by atoms with Crippen LogP contribution < -0.4 is 4.90 Å². The highest BCUT2D eigenvalue weighted by Crippen LogP contribution is 2.31. The third-order valence-electron chi connectivity index (χ3n) is 3.92. The lowest BCUT2D eigenvalue weighted by Crippen LogP contribution is -2.14. The van der Waals surface area contributed by atoms with Crippen LogP contribution >= 0.6 is 11.6 Å². The molecule has 3 aromatic carbocycles. The zero-order valence-electron chi connectivity index (χ0n) is 14.8. The van der Waals surface area contributed by atoms with Crippen molar-refractivity contribution in [3.63, 3.8) is 0 Å². The lowest BCUT2D eigenvalue weighted by Gasteiger charge is -2.22. The molecule has 0 amide bonds. The molecular formula is C23H15ClN4. The topological polar surface area (TPSA) is 41.9 Å². The fourth-order valence-electron chi connectivity index (χ4n) is 2.68. The van der Waals surface area contributed by atoms with E-state index >= 15 is 0 Å². The third-order valence-corrected chi connectivity index (χ3v) is 4.09. The maximum absolute atomic E-state index is 6.19. The highest BCUT2D eigenvalue weighted by Gasteiger charge is 2.16. The average molecular weight is 383 g/mol. The van der Waals surface area contributed by atoms with E-state index in [0.29, 0.717) is 11.8 Å². The van der Waals surface area contributed by atoms with Crippen molar-refractivity contribution in [3.8, 4) is 11.8 Å². The Balaban J connectivity index is 1.79. The molecule has 4 nitrogen and oxygen atoms in total. The van der Waals surface area contributed by atoms with Crippen LogP contribution in [0.3, 0.4) is 0 Å². The zero-order chi connectivity index (χ0) is 19.2. The van der Waals surface area contributed by atoms with Gasteiger partial charge in [0.05, 0.1) is 0 Å². The van der Waals surface area contributed by atoms with Gasteiger partial charge in [0, 0.05) is 16.9 Å². The number of rotatable bonds is 3. The second-order valence-corrected chi connectivity index (χ2v) is 6.19. The molecule has 0 radical (unpaired) electrons. The van der Waals surface area contributed by atoms with Gasteiger partial charge in [-0.1, -0.05) is 60.5 Å². The van der Waals surface area contributed by atoms with Crippen molar-refractivity contribution in [2.75, 3.05) is 4.90 Å². The van der Waals surface area contributed by atoms with Crippen molar-refractivity contribution < 1.29 is 0 Å². The van der Waals surface area contributed by atoms with E-state index < -0.39 is 0 Å². The molecule has 0 bridgehead atoms. The summed E-state index contributed by atoms with van der Waals surface area (Å²) >= 11 is 6.19. The van der Waals surface area contributed by atoms with Gasteiger partial charge < -0.3 is 0 Å². The second-order valence-electron chi connectivity index (χ2n) is 5.85. The summed E-state index contributed by atoms with van der Waals surface area (Å²) < 4.78 is 0. The number of anilines is 3. The maximum atomic E-state index is 6.19. The number of benzene rings is 3. The molecular weight excluding hydrogens is 368 g/mol. The summed E-state index contributed by atoms with van der Waals surface area (Å²) in [5.41, 5.74) is 2.71. The number of hydrogen-bond acceptors (Lipinski definition) is 4. The molecule has 0 spiro atoms. The first kappa shape index (κ1) is 17.7. The molecule has 4 rings (SSSR count). The number of nitrogens with zero attached hydrogens (tertiary/aromatic N) is 4. The lowest BCUT2D eigenvalue weighted by atomic mass is 10.2. The van der Waals surface area contributed by atoms with Crippen molar-refractivity contribution in [1.82, 2.24) is 15.0 Å². The van der Waals surface area contributed by atoms with E-state index in [-0.39, 0.29) is 5.28 Å². The Morgan fingerprint density at radius 3 is 1.71 bits per heavy atom. The van der Waals surface area contributed by atoms with E-state index in [1.165, 1.54) is 0 Å². The lowest BCUT2D eigenvalue weighted by molar-refractivity contribution is 0.989. The van der Waals surface area contributed by atoms with Crippen LogP contribution in [-0.2, 0) is 0 Å². The summed E-state index contributed by atoms with van der Waals surface area (Å²) in [5.74, 6) is 6.76. The van der Waals surface area contributed by atoms with Crippen LogP contribution in [0, 0.1) is 11.8 Å². The van der Waals surface area contributed by atoms with Crippen molar-refractivity contribution in [1.29, 1.82) is 0 Å². The summed E-state index contributed by atoms with van der Waals surface area (Å²) in [6.07, 6.45) is 0. The maximum Gasteiger partial charge on any atom is 0.240 e. The molecule has 0 aliphatic rings. The molecule has 0 fully saturated rings. The third kappa shape index (κ3) is 4.17. The highest BCUT2D eigenvalue weighted by molar-refractivity contribution is 6.28. The van der Waals surface area contributed by atoms with Gasteiger partial charge in [0.15, 0.2) is 0 Å². The molecule has 0 aliphatic carbocycles. The Bertz CT molecular complexity index is 1080. The number of para-hydroxylation sites is 2. The van der Waals surface area contributed by atoms with Crippen LogP contribution in [0.2, 0.25) is 5.28 Å². The van der Waals surface area contributed by atoms with Gasteiger partial charge in [-0.3, -0.25) is 4.90 Å². The fourth-order valence-corrected chi connectivity index (χ4v) is 2.83. The minimum Gasteiger partial charge on any atom is -0.279 e. The number of halogens is 1. The first-order valence-electron chi connectivity index (χ1n) is 8.68. The molecule has 0 saturated heterocycles. The first-order chi connectivity index (χ1) is 13.8. The molecule has 0 saturated carbocycles. The SMILES string of the molecule is Clc1nc(C#Cc2ccccc2)nc(N(c2ccccc2)c2ccccc2)n1. The van der Waals surface area contributed by atoms with Crippen molar-refractivity contribution in [2.45, 2.75) is 0 Å². The molecule has 1 aromatic heterocycles. The predicted molar refractivity (Wildman–Crippen MR) is 112 cm³/mol. The number of aromatic nitrogens is 3. The van der Waals surface area contributed by atoms with Crippen LogP contribution in [0.1, 0.15) is 11.4 Å². The van der Waals surface area contributed by atoms with E-state index in [9.17, 15) is 0 Å². The molecule has 0 aliphatic heterocycles. The summed E-state index contributed by atoms with van der Waals surface area (Å²) in [5, 5.41) is 0.0965. The molecule has 28 heavy (non-hydrogen) atoms. The fraction of sp³-hybridized carbons (Fsp3) is 0. The van der Waals surface area contributed by atoms with E-state index in [2.05, 4.69) is 26.8 Å². The van der Waals surface area contributed by atoms with E-state index in [1.807, 2.05) is 95.9 Å². The predicted octanol–water partition coefficient (Wildman–Crippen LogP) is 5.39. The van der Waals surface area contributed by atoms with Crippen LogP contribution in [0.25, 0.3) is 0 Å². The van der Waals surface area contributed by atoms with Crippen molar-refractivity contribution in [3.05, 3.63) is 108 Å². The van der Waals surface area contributed by atoms with Gasteiger partial charge in [0.2, 0.25) is 17.1 Å². The monoisotopic (exact) mass is 382 g/mol. The van der Waals surface area contributed by atoms with Gasteiger partial charge in [-0.25, -0.2) is 0 Å². The molecule has 0 unspecified atom stereocenters. The van der Waals surface area contributed by atoms with Gasteiger partial charge in [-0.05, 0) is 53.9 Å². The van der Waals surface area contributed by atoms with Crippen LogP contribution in [0.4, 0.5) is 17.3 Å². The van der Waals surface area contributed by atoms with Gasteiger partial charge in [-0.15, -0.1) is 0 Å². The van der Waals surface area contributed by atoms with Gasteiger partial charge in [-0.2, -0.15) is 15.0 Å². The molecule has 0 N–H and O–H groups in total. The van der Waals surface area contributed by atoms with E-state index in [4.69, 9.17) is 11.6 Å². The van der Waals surface area contributed by atoms with E-state index in [1.54, 1.807) is 0 Å². The Labute approximate surface area is 168 Å². The summed E-state index contributed by atoms with van der Waals surface area (Å²) in [6.45, 7) is 0. The Morgan fingerprint density at radius 2 is 1.14 bits per heavy atom. The minimum atomic E-state index is 0.0965. The molecule has 1 heterocycles. The summed E-state index contributed by atoms with van der Waals surface area (Å²) in [6, 6.07) is 29.4. The van der Waals surface area contributed by atoms with Crippen molar-refractivity contribution in [2.24, 2.45) is 0 Å². The largest absolute Gasteiger partial charge is 0.279 e. The van der Waals surface area contributed by atoms with Crippen LogP contribution in [-0.4, -0.2) is 15.0 Å². The normalized spacial score (nSPS) is 10.0. The standard InChI is InChI=1S/C23H15ClN4/c24-22-25-21(17-16-18-10-4-1-5-11-18)26-23(27-22)28(19-12-6-2-7-13-19)20-14-8-3-9-15-20/h1-15H. The van der Waals surface area contributed by atoms with Gasteiger partial charge >= 0.3 is 0 Å². The molecule has 0 atom stereocenters. The average Bonchev–Trinajstić information content (AvgIpc) is 2.74. The second kappa shape index (κ2) is 8.34. The minimum absolute atomic E-state index is 0.0965. The van der Waals surface area contributed by atoms with Crippen LogP contribution in [0.15, 0.2) is 91.0 Å². The Morgan fingerprint density at radius 1 is 0.607 bits per heavy atom. The molecule has 4 aromatic rings. The van der Waals surface area contributed by atoms with Gasteiger partial charge in [0.25, 0.3) is 0 Å². The first-order valence-corrected chi connectivity index (χ1v) is 9.06. The quantitative estimate of drug-likeness (QED) is 0.445. The Kier molecular flexibility index (Phi) is 5.28. The molecule has 134 valence electrons. The summed E-state index contributed by atoms with van der Waals surface area (Å²) in [4.78, 5) is 15.0. The van der Waals surface area contributed by atoms with Gasteiger partial charge in [0.1, 0.15) is 0 Å². The highest BCUT2D eigenvalue weighted by atomic mass is 35.5.